The minimum Gasteiger partial charge on any atom is -0.445 e. The summed E-state index contributed by atoms with van der Waals surface area (Å²) in [5, 5.41) is 0. The van der Waals surface area contributed by atoms with Gasteiger partial charge in [0, 0.05) is 23.6 Å². The Kier molecular flexibility index (Phi) is 6.27. The molecule has 28 heavy (non-hydrogen) atoms. The highest BCUT2D eigenvalue weighted by atomic mass is 16.6. The highest BCUT2D eigenvalue weighted by Crippen LogP contribution is 2.41. The summed E-state index contributed by atoms with van der Waals surface area (Å²) in [6, 6.07) is 29.3. The molecule has 3 rings (SSSR count). The smallest absolute Gasteiger partial charge is 0.339 e. The van der Waals surface area contributed by atoms with E-state index in [9.17, 15) is 4.79 Å². The van der Waals surface area contributed by atoms with Gasteiger partial charge in [0.05, 0.1) is 5.56 Å². The van der Waals surface area contributed by atoms with Crippen molar-refractivity contribution in [1.29, 1.82) is 0 Å². The van der Waals surface area contributed by atoms with Gasteiger partial charge >= 0.3 is 5.97 Å². The van der Waals surface area contributed by atoms with Crippen LogP contribution in [0.5, 0.6) is 0 Å². The Morgan fingerprint density at radius 1 is 0.821 bits per heavy atom. The number of benzene rings is 3. The van der Waals surface area contributed by atoms with E-state index in [-0.39, 0.29) is 11.9 Å². The molecule has 0 amide bonds. The van der Waals surface area contributed by atoms with Crippen molar-refractivity contribution in [2.24, 2.45) is 5.92 Å². The average molecular weight is 373 g/mol. The molecule has 1 atom stereocenters. The molecule has 3 heteroatoms. The molecule has 0 aromatic heterocycles. The second kappa shape index (κ2) is 8.85. The number of carbonyl (C=O) groups excluding carboxylic acids is 1. The highest BCUT2D eigenvalue weighted by Gasteiger charge is 2.44. The van der Waals surface area contributed by atoms with Crippen LogP contribution >= 0.6 is 0 Å². The minimum absolute atomic E-state index is 0.0277. The van der Waals surface area contributed by atoms with E-state index in [2.05, 4.69) is 11.8 Å². The van der Waals surface area contributed by atoms with Crippen LogP contribution in [0, 0.1) is 5.92 Å². The van der Waals surface area contributed by atoms with Gasteiger partial charge in [0.2, 0.25) is 0 Å². The second-order valence-corrected chi connectivity index (χ2v) is 7.39. The van der Waals surface area contributed by atoms with Crippen molar-refractivity contribution in [3.63, 3.8) is 0 Å². The monoisotopic (exact) mass is 373 g/mol. The summed E-state index contributed by atoms with van der Waals surface area (Å²) in [4.78, 5) is 15.3. The predicted molar refractivity (Wildman–Crippen MR) is 113 cm³/mol. The molecule has 3 aromatic carbocycles. The predicted octanol–water partition coefficient (Wildman–Crippen LogP) is 4.98. The molecule has 0 aliphatic heterocycles. The van der Waals surface area contributed by atoms with Crippen molar-refractivity contribution in [3.05, 3.63) is 108 Å². The lowest BCUT2D eigenvalue weighted by atomic mass is 9.76. The van der Waals surface area contributed by atoms with Crippen molar-refractivity contribution in [3.8, 4) is 0 Å². The Bertz CT molecular complexity index is 837. The van der Waals surface area contributed by atoms with E-state index in [1.165, 1.54) is 0 Å². The molecule has 0 heterocycles. The number of carbonyl (C=O) groups is 1. The minimum atomic E-state index is -0.889. The zero-order chi connectivity index (χ0) is 20.0. The van der Waals surface area contributed by atoms with E-state index in [1.54, 1.807) is 12.1 Å². The molecule has 0 spiro atoms. The molecule has 144 valence electrons. The summed E-state index contributed by atoms with van der Waals surface area (Å²) in [7, 11) is 4.08. The largest absolute Gasteiger partial charge is 0.445 e. The summed E-state index contributed by atoms with van der Waals surface area (Å²) in [5.74, 6) is -0.293. The maximum Gasteiger partial charge on any atom is 0.339 e. The van der Waals surface area contributed by atoms with E-state index in [4.69, 9.17) is 4.74 Å². The van der Waals surface area contributed by atoms with Crippen molar-refractivity contribution in [2.75, 3.05) is 20.6 Å². The van der Waals surface area contributed by atoms with Gasteiger partial charge in [-0.25, -0.2) is 4.79 Å². The van der Waals surface area contributed by atoms with Crippen LogP contribution in [0.3, 0.4) is 0 Å². The number of nitrogens with zero attached hydrogens (tertiary/aromatic N) is 1. The second-order valence-electron chi connectivity index (χ2n) is 7.39. The third-order valence-electron chi connectivity index (χ3n) is 5.00. The molecule has 0 fully saturated rings. The topological polar surface area (TPSA) is 29.5 Å². The van der Waals surface area contributed by atoms with Crippen LogP contribution in [0.2, 0.25) is 0 Å². The third-order valence-corrected chi connectivity index (χ3v) is 5.00. The fraction of sp³-hybridized carbons (Fsp3) is 0.240. The molecule has 0 radical (unpaired) electrons. The van der Waals surface area contributed by atoms with Gasteiger partial charge in [-0.3, -0.25) is 0 Å². The van der Waals surface area contributed by atoms with E-state index < -0.39 is 5.60 Å². The molecule has 1 unspecified atom stereocenters. The molecule has 0 N–H and O–H groups in total. The standard InChI is InChI=1S/C25H27NO2/c1-20(19-26(2)3)25(22-15-9-5-10-16-22,23-17-11-6-12-18-23)28-24(27)21-13-7-4-8-14-21/h4-18,20H,19H2,1-3H3. The van der Waals surface area contributed by atoms with Crippen molar-refractivity contribution in [2.45, 2.75) is 12.5 Å². The number of hydrogen-bond donors (Lipinski definition) is 0. The Hall–Kier alpha value is -2.91. The molecular formula is C25H27NO2. The number of hydrogen-bond acceptors (Lipinski definition) is 3. The lowest BCUT2D eigenvalue weighted by Crippen LogP contribution is -2.44. The SMILES string of the molecule is CC(CN(C)C)C(OC(=O)c1ccccc1)(c1ccccc1)c1ccccc1. The van der Waals surface area contributed by atoms with Gasteiger partial charge < -0.3 is 9.64 Å². The van der Waals surface area contributed by atoms with Gasteiger partial charge in [0.15, 0.2) is 5.60 Å². The first kappa shape index (κ1) is 19.8. The van der Waals surface area contributed by atoms with Crippen molar-refractivity contribution < 1.29 is 9.53 Å². The lowest BCUT2D eigenvalue weighted by molar-refractivity contribution is -0.0321. The number of rotatable bonds is 7. The fourth-order valence-corrected chi connectivity index (χ4v) is 3.78. The van der Waals surface area contributed by atoms with Gasteiger partial charge in [-0.1, -0.05) is 85.8 Å². The summed E-state index contributed by atoms with van der Waals surface area (Å²) >= 11 is 0. The summed E-state index contributed by atoms with van der Waals surface area (Å²) < 4.78 is 6.39. The zero-order valence-corrected chi connectivity index (χ0v) is 16.7. The van der Waals surface area contributed by atoms with Crippen LogP contribution in [0.4, 0.5) is 0 Å². The summed E-state index contributed by atoms with van der Waals surface area (Å²) in [6.45, 7) is 2.91. The number of esters is 1. The molecule has 0 bridgehead atoms. The van der Waals surface area contributed by atoms with Crippen LogP contribution in [-0.2, 0) is 10.3 Å². The zero-order valence-electron chi connectivity index (χ0n) is 16.7. The first-order chi connectivity index (χ1) is 13.5. The first-order valence-electron chi connectivity index (χ1n) is 9.58. The normalized spacial score (nSPS) is 12.6. The Balaban J connectivity index is 2.16. The molecule has 3 nitrogen and oxygen atoms in total. The van der Waals surface area contributed by atoms with E-state index in [0.29, 0.717) is 5.56 Å². The van der Waals surface area contributed by atoms with Gasteiger partial charge in [0.25, 0.3) is 0 Å². The third kappa shape index (κ3) is 4.15. The first-order valence-corrected chi connectivity index (χ1v) is 9.58. The number of ether oxygens (including phenoxy) is 1. The molecule has 0 saturated carbocycles. The highest BCUT2D eigenvalue weighted by molar-refractivity contribution is 5.90. The van der Waals surface area contributed by atoms with Crippen molar-refractivity contribution >= 4 is 5.97 Å². The Labute approximate surface area is 167 Å². The van der Waals surface area contributed by atoms with Crippen LogP contribution in [0.1, 0.15) is 28.4 Å². The average Bonchev–Trinajstić information content (AvgIpc) is 2.73. The van der Waals surface area contributed by atoms with Crippen LogP contribution in [-0.4, -0.2) is 31.5 Å². The molecule has 0 aliphatic rings. The Morgan fingerprint density at radius 3 is 1.68 bits per heavy atom. The van der Waals surface area contributed by atoms with Crippen LogP contribution < -0.4 is 0 Å². The summed E-state index contributed by atoms with van der Waals surface area (Å²) in [5.41, 5.74) is 1.61. The lowest BCUT2D eigenvalue weighted by Gasteiger charge is -2.40. The maximum absolute atomic E-state index is 13.2. The molecular weight excluding hydrogens is 346 g/mol. The van der Waals surface area contributed by atoms with Crippen LogP contribution in [0.15, 0.2) is 91.0 Å². The van der Waals surface area contributed by atoms with Gasteiger partial charge in [-0.2, -0.15) is 0 Å². The van der Waals surface area contributed by atoms with Crippen LogP contribution in [0.25, 0.3) is 0 Å². The van der Waals surface area contributed by atoms with E-state index >= 15 is 0 Å². The molecule has 3 aromatic rings. The quantitative estimate of drug-likeness (QED) is 0.547. The van der Waals surface area contributed by atoms with Gasteiger partial charge in [0.1, 0.15) is 0 Å². The Morgan fingerprint density at radius 2 is 1.25 bits per heavy atom. The summed E-state index contributed by atoms with van der Waals surface area (Å²) in [6.07, 6.45) is 0. The maximum atomic E-state index is 13.2. The van der Waals surface area contributed by atoms with E-state index in [0.717, 1.165) is 17.7 Å². The van der Waals surface area contributed by atoms with Gasteiger partial charge in [-0.05, 0) is 26.2 Å². The fourth-order valence-electron chi connectivity index (χ4n) is 3.78. The molecule has 0 aliphatic carbocycles. The van der Waals surface area contributed by atoms with E-state index in [1.807, 2.05) is 93.0 Å². The van der Waals surface area contributed by atoms with Gasteiger partial charge in [-0.15, -0.1) is 0 Å². The van der Waals surface area contributed by atoms with Crippen molar-refractivity contribution in [1.82, 2.24) is 4.90 Å². The molecule has 0 saturated heterocycles.